The molecular formula is C12H10N4S. The monoisotopic (exact) mass is 242 g/mol. The van der Waals surface area contributed by atoms with Crippen molar-refractivity contribution in [3.63, 3.8) is 0 Å². The highest BCUT2D eigenvalue weighted by Crippen LogP contribution is 2.25. The third-order valence-electron chi connectivity index (χ3n) is 2.71. The third-order valence-corrected chi connectivity index (χ3v) is 3.20. The summed E-state index contributed by atoms with van der Waals surface area (Å²) in [4.78, 5) is 4.32. The van der Waals surface area contributed by atoms with Crippen LogP contribution in [0.15, 0.2) is 42.7 Å². The van der Waals surface area contributed by atoms with Crippen molar-refractivity contribution < 1.29 is 0 Å². The normalized spacial score (nSPS) is 12.8. The number of aromatic nitrogens is 3. The van der Waals surface area contributed by atoms with Crippen LogP contribution in [0.4, 0.5) is 0 Å². The van der Waals surface area contributed by atoms with E-state index in [0.717, 1.165) is 22.2 Å². The molecule has 3 aromatic rings. The van der Waals surface area contributed by atoms with Gasteiger partial charge in [0.05, 0.1) is 35.2 Å². The van der Waals surface area contributed by atoms with Crippen molar-refractivity contribution in [1.82, 2.24) is 13.7 Å². The maximum Gasteiger partial charge on any atom is 0.0955 e. The summed E-state index contributed by atoms with van der Waals surface area (Å²) < 4.78 is 8.17. The van der Waals surface area contributed by atoms with E-state index >= 15 is 0 Å². The zero-order chi connectivity index (χ0) is 11.7. The molecule has 0 fully saturated rings. The molecule has 0 spiro atoms. The van der Waals surface area contributed by atoms with Crippen LogP contribution < -0.4 is 5.73 Å². The van der Waals surface area contributed by atoms with Crippen LogP contribution in [0.1, 0.15) is 17.3 Å². The molecule has 84 valence electrons. The smallest absolute Gasteiger partial charge is 0.0955 e. The Bertz CT molecular complexity index is 631. The molecule has 0 aliphatic heterocycles. The minimum absolute atomic E-state index is 0.248. The fourth-order valence-electron chi connectivity index (χ4n) is 1.87. The number of nitrogens with two attached hydrogens (primary N) is 1. The molecule has 1 atom stereocenters. The highest BCUT2D eigenvalue weighted by atomic mass is 32.1. The summed E-state index contributed by atoms with van der Waals surface area (Å²) in [5, 5.41) is 1.07. The van der Waals surface area contributed by atoms with Gasteiger partial charge in [0.2, 0.25) is 0 Å². The maximum absolute atomic E-state index is 6.20. The van der Waals surface area contributed by atoms with E-state index in [0.29, 0.717) is 0 Å². The lowest BCUT2D eigenvalue weighted by Crippen LogP contribution is -2.12. The number of nitrogens with zero attached hydrogens (tertiary/aromatic N) is 3. The molecule has 0 amide bonds. The van der Waals surface area contributed by atoms with E-state index in [9.17, 15) is 0 Å². The minimum Gasteiger partial charge on any atom is -0.319 e. The molecule has 0 saturated heterocycles. The lowest BCUT2D eigenvalue weighted by Gasteiger charge is -2.11. The predicted octanol–water partition coefficient (Wildman–Crippen LogP) is 2.13. The Morgan fingerprint density at radius 3 is 2.94 bits per heavy atom. The van der Waals surface area contributed by atoms with Gasteiger partial charge in [-0.3, -0.25) is 4.98 Å². The average Bonchev–Trinajstić information content (AvgIpc) is 2.91. The van der Waals surface area contributed by atoms with Gasteiger partial charge in [0.1, 0.15) is 0 Å². The Hall–Kier alpha value is -1.85. The first-order valence-corrected chi connectivity index (χ1v) is 5.96. The molecule has 17 heavy (non-hydrogen) atoms. The van der Waals surface area contributed by atoms with Gasteiger partial charge in [-0.25, -0.2) is 0 Å². The van der Waals surface area contributed by atoms with Crippen LogP contribution in [0.25, 0.3) is 10.9 Å². The second-order valence-electron chi connectivity index (χ2n) is 3.73. The summed E-state index contributed by atoms with van der Waals surface area (Å²) in [5.74, 6) is 0. The van der Waals surface area contributed by atoms with Crippen LogP contribution in [-0.4, -0.2) is 13.7 Å². The molecule has 4 nitrogen and oxygen atoms in total. The zero-order valence-electron chi connectivity index (χ0n) is 8.95. The topological polar surface area (TPSA) is 64.7 Å². The van der Waals surface area contributed by atoms with E-state index in [1.165, 1.54) is 11.7 Å². The Kier molecular flexibility index (Phi) is 2.55. The van der Waals surface area contributed by atoms with Crippen LogP contribution >= 0.6 is 11.7 Å². The summed E-state index contributed by atoms with van der Waals surface area (Å²) in [6, 6.07) is 9.64. The van der Waals surface area contributed by atoms with Gasteiger partial charge in [-0.2, -0.15) is 8.75 Å². The number of benzene rings is 1. The SMILES string of the molecule is NC(c1cnsn1)c1cccc2ncccc12. The third kappa shape index (κ3) is 1.79. The van der Waals surface area contributed by atoms with Gasteiger partial charge in [0.15, 0.2) is 0 Å². The lowest BCUT2D eigenvalue weighted by molar-refractivity contribution is 0.852. The van der Waals surface area contributed by atoms with Crippen molar-refractivity contribution in [3.05, 3.63) is 54.0 Å². The molecule has 0 bridgehead atoms. The highest BCUT2D eigenvalue weighted by molar-refractivity contribution is 6.99. The molecule has 3 rings (SSSR count). The number of fused-ring (bicyclic) bond motifs is 1. The Labute approximate surface area is 102 Å². The molecule has 2 N–H and O–H groups in total. The molecular weight excluding hydrogens is 232 g/mol. The van der Waals surface area contributed by atoms with Gasteiger partial charge in [-0.1, -0.05) is 18.2 Å². The van der Waals surface area contributed by atoms with Crippen LogP contribution in [0.2, 0.25) is 0 Å². The summed E-state index contributed by atoms with van der Waals surface area (Å²) >= 11 is 1.17. The molecule has 0 saturated carbocycles. The van der Waals surface area contributed by atoms with Gasteiger partial charge >= 0.3 is 0 Å². The molecule has 1 unspecified atom stereocenters. The summed E-state index contributed by atoms with van der Waals surface area (Å²) in [6.45, 7) is 0. The molecule has 2 heterocycles. The second kappa shape index (κ2) is 4.20. The number of pyridine rings is 1. The molecule has 1 aromatic carbocycles. The standard InChI is InChI=1S/C12H10N4S/c13-12(11-7-15-17-16-11)9-3-1-5-10-8(9)4-2-6-14-10/h1-7,12H,13H2. The average molecular weight is 242 g/mol. The first-order valence-electron chi connectivity index (χ1n) is 5.23. The predicted molar refractivity (Wildman–Crippen MR) is 67.7 cm³/mol. The number of hydrogen-bond acceptors (Lipinski definition) is 5. The number of rotatable bonds is 2. The van der Waals surface area contributed by atoms with Crippen molar-refractivity contribution in [1.29, 1.82) is 0 Å². The summed E-state index contributed by atoms with van der Waals surface area (Å²) in [5.41, 5.74) is 8.98. The maximum atomic E-state index is 6.20. The summed E-state index contributed by atoms with van der Waals surface area (Å²) in [6.07, 6.45) is 3.49. The summed E-state index contributed by atoms with van der Waals surface area (Å²) in [7, 11) is 0. The first kappa shape index (κ1) is 10.3. The van der Waals surface area contributed by atoms with E-state index in [-0.39, 0.29) is 6.04 Å². The molecule has 0 aliphatic carbocycles. The van der Waals surface area contributed by atoms with Crippen molar-refractivity contribution in [2.24, 2.45) is 5.73 Å². The van der Waals surface area contributed by atoms with E-state index in [1.807, 2.05) is 30.3 Å². The van der Waals surface area contributed by atoms with Gasteiger partial charge < -0.3 is 5.73 Å². The van der Waals surface area contributed by atoms with Gasteiger partial charge in [-0.05, 0) is 17.7 Å². The fraction of sp³-hybridized carbons (Fsp3) is 0.0833. The van der Waals surface area contributed by atoms with Crippen molar-refractivity contribution in [3.8, 4) is 0 Å². The largest absolute Gasteiger partial charge is 0.319 e. The van der Waals surface area contributed by atoms with E-state index in [2.05, 4.69) is 13.7 Å². The highest BCUT2D eigenvalue weighted by Gasteiger charge is 2.14. The Morgan fingerprint density at radius 2 is 2.12 bits per heavy atom. The molecule has 0 aliphatic rings. The Morgan fingerprint density at radius 1 is 1.18 bits per heavy atom. The lowest BCUT2D eigenvalue weighted by atomic mass is 10.0. The van der Waals surface area contributed by atoms with Crippen LogP contribution in [0.5, 0.6) is 0 Å². The van der Waals surface area contributed by atoms with Crippen LogP contribution in [0.3, 0.4) is 0 Å². The van der Waals surface area contributed by atoms with Gasteiger partial charge in [-0.15, -0.1) is 0 Å². The van der Waals surface area contributed by atoms with E-state index < -0.39 is 0 Å². The minimum atomic E-state index is -0.248. The van der Waals surface area contributed by atoms with Crippen molar-refractivity contribution in [2.45, 2.75) is 6.04 Å². The van der Waals surface area contributed by atoms with Crippen LogP contribution in [0, 0.1) is 0 Å². The van der Waals surface area contributed by atoms with E-state index in [1.54, 1.807) is 12.4 Å². The quantitative estimate of drug-likeness (QED) is 0.747. The Balaban J connectivity index is 2.17. The zero-order valence-corrected chi connectivity index (χ0v) is 9.76. The molecule has 2 aromatic heterocycles. The molecule has 5 heteroatoms. The number of hydrogen-bond donors (Lipinski definition) is 1. The van der Waals surface area contributed by atoms with E-state index in [4.69, 9.17) is 5.73 Å². The van der Waals surface area contributed by atoms with Gasteiger partial charge in [0, 0.05) is 11.6 Å². The fourth-order valence-corrected chi connectivity index (χ4v) is 2.32. The van der Waals surface area contributed by atoms with Crippen LogP contribution in [-0.2, 0) is 0 Å². The van der Waals surface area contributed by atoms with Crippen molar-refractivity contribution in [2.75, 3.05) is 0 Å². The first-order chi connectivity index (χ1) is 8.36. The van der Waals surface area contributed by atoms with Crippen molar-refractivity contribution >= 4 is 22.6 Å². The van der Waals surface area contributed by atoms with Gasteiger partial charge in [0.25, 0.3) is 0 Å². The second-order valence-corrected chi connectivity index (χ2v) is 4.28. The molecule has 0 radical (unpaired) electrons.